The minimum absolute atomic E-state index is 0.208. The molecule has 0 aliphatic rings. The maximum atomic E-state index is 5.80. The molecule has 0 bridgehead atoms. The van der Waals surface area contributed by atoms with E-state index in [2.05, 4.69) is 25.4 Å². The van der Waals surface area contributed by atoms with Crippen LogP contribution in [0.1, 0.15) is 11.5 Å². The van der Waals surface area contributed by atoms with E-state index in [0.29, 0.717) is 34.4 Å². The van der Waals surface area contributed by atoms with Crippen molar-refractivity contribution in [3.8, 4) is 28.9 Å². The number of fused-ring (bicyclic) bond motifs is 1. The fourth-order valence-corrected chi connectivity index (χ4v) is 2.44. The lowest BCUT2D eigenvalue weighted by molar-refractivity contribution is 0.264. The summed E-state index contributed by atoms with van der Waals surface area (Å²) in [6, 6.07) is 7.06. The normalized spacial score (nSPS) is 10.9. The zero-order chi connectivity index (χ0) is 18.8. The number of hydrogen-bond donors (Lipinski definition) is 0. The first-order valence-electron chi connectivity index (χ1n) is 8.04. The van der Waals surface area contributed by atoms with E-state index in [9.17, 15) is 0 Å². The third-order valence-electron chi connectivity index (χ3n) is 3.79. The highest BCUT2D eigenvalue weighted by molar-refractivity contribution is 5.56. The topological polar surface area (TPSA) is 110 Å². The Morgan fingerprint density at radius 2 is 2.00 bits per heavy atom. The van der Waals surface area contributed by atoms with Gasteiger partial charge in [-0.1, -0.05) is 5.16 Å². The number of aromatic nitrogens is 6. The van der Waals surface area contributed by atoms with Crippen molar-refractivity contribution in [2.75, 3.05) is 14.2 Å². The summed E-state index contributed by atoms with van der Waals surface area (Å²) in [5, 5.41) is 16.6. The molecule has 4 heterocycles. The zero-order valence-electron chi connectivity index (χ0n) is 14.9. The minimum Gasteiger partial charge on any atom is -0.495 e. The van der Waals surface area contributed by atoms with Gasteiger partial charge in [-0.15, -0.1) is 15.3 Å². The average molecular weight is 368 g/mol. The summed E-state index contributed by atoms with van der Waals surface area (Å²) in [5.41, 5.74) is 1.74. The van der Waals surface area contributed by atoms with Gasteiger partial charge in [0.25, 0.3) is 5.88 Å². The van der Waals surface area contributed by atoms with Crippen molar-refractivity contribution in [2.24, 2.45) is 0 Å². The van der Waals surface area contributed by atoms with Gasteiger partial charge in [0.2, 0.25) is 5.82 Å². The van der Waals surface area contributed by atoms with Crippen LogP contribution in [0.15, 0.2) is 35.0 Å². The second-order valence-electron chi connectivity index (χ2n) is 5.61. The van der Waals surface area contributed by atoms with E-state index in [1.165, 1.54) is 11.6 Å². The highest BCUT2D eigenvalue weighted by Crippen LogP contribution is 2.28. The molecule has 4 aromatic rings. The summed E-state index contributed by atoms with van der Waals surface area (Å²) in [5.74, 6) is 2.50. The first-order chi connectivity index (χ1) is 13.2. The van der Waals surface area contributed by atoms with Crippen LogP contribution in [0.5, 0.6) is 17.4 Å². The summed E-state index contributed by atoms with van der Waals surface area (Å²) >= 11 is 0. The second kappa shape index (κ2) is 6.90. The monoisotopic (exact) mass is 368 g/mol. The lowest BCUT2D eigenvalue weighted by atomic mass is 10.3. The molecule has 10 nitrogen and oxygen atoms in total. The van der Waals surface area contributed by atoms with Crippen LogP contribution in [-0.2, 0) is 6.61 Å². The Labute approximate surface area is 153 Å². The maximum Gasteiger partial charge on any atom is 0.275 e. The Balaban J connectivity index is 1.66. The predicted octanol–water partition coefficient (Wildman–Crippen LogP) is 2.08. The van der Waals surface area contributed by atoms with Gasteiger partial charge in [0.15, 0.2) is 17.1 Å². The third-order valence-corrected chi connectivity index (χ3v) is 3.79. The largest absolute Gasteiger partial charge is 0.495 e. The molecule has 0 atom stereocenters. The first-order valence-corrected chi connectivity index (χ1v) is 8.04. The van der Waals surface area contributed by atoms with Crippen molar-refractivity contribution in [1.29, 1.82) is 0 Å². The molecule has 0 aliphatic carbocycles. The number of rotatable bonds is 6. The van der Waals surface area contributed by atoms with Gasteiger partial charge in [0.1, 0.15) is 18.1 Å². The molecule has 0 saturated carbocycles. The standard InChI is InChI=1S/C17H16N6O4/c1-10-6-13(22-27-10)16-20-19-15-7-14(25-3)17(21-23(15)16)26-9-11-4-5-12(24-2)8-18-11/h4-8H,9H2,1-3H3. The van der Waals surface area contributed by atoms with Crippen LogP contribution < -0.4 is 14.2 Å². The second-order valence-corrected chi connectivity index (χ2v) is 5.61. The molecule has 4 rings (SSSR count). The maximum absolute atomic E-state index is 5.80. The van der Waals surface area contributed by atoms with Crippen molar-refractivity contribution in [2.45, 2.75) is 13.5 Å². The van der Waals surface area contributed by atoms with E-state index >= 15 is 0 Å². The minimum atomic E-state index is 0.208. The van der Waals surface area contributed by atoms with Gasteiger partial charge < -0.3 is 18.7 Å². The first kappa shape index (κ1) is 16.8. The molecular weight excluding hydrogens is 352 g/mol. The number of methoxy groups -OCH3 is 2. The lowest BCUT2D eigenvalue weighted by Crippen LogP contribution is -2.05. The Hall–Kier alpha value is -3.69. The molecule has 138 valence electrons. The smallest absolute Gasteiger partial charge is 0.275 e. The fraction of sp³-hybridized carbons (Fsp3) is 0.235. The molecule has 0 aliphatic heterocycles. The molecule has 27 heavy (non-hydrogen) atoms. The Morgan fingerprint density at radius 3 is 2.67 bits per heavy atom. The van der Waals surface area contributed by atoms with Crippen LogP contribution in [0, 0.1) is 6.92 Å². The SMILES string of the molecule is COc1ccc(COc2nn3c(-c4cc(C)on4)nnc3cc2OC)nc1. The zero-order valence-corrected chi connectivity index (χ0v) is 14.9. The molecule has 0 aromatic carbocycles. The molecular formula is C17H16N6O4. The van der Waals surface area contributed by atoms with Gasteiger partial charge in [-0.3, -0.25) is 4.98 Å². The van der Waals surface area contributed by atoms with E-state index in [-0.39, 0.29) is 12.5 Å². The number of pyridine rings is 1. The summed E-state index contributed by atoms with van der Waals surface area (Å²) in [6.07, 6.45) is 1.62. The van der Waals surface area contributed by atoms with Crippen molar-refractivity contribution in [1.82, 2.24) is 30.0 Å². The fourth-order valence-electron chi connectivity index (χ4n) is 2.44. The number of ether oxygens (including phenoxy) is 3. The van der Waals surface area contributed by atoms with E-state index in [1.54, 1.807) is 32.4 Å². The summed E-state index contributed by atoms with van der Waals surface area (Å²) in [4.78, 5) is 4.27. The average Bonchev–Trinajstić information content (AvgIpc) is 3.31. The molecule has 0 amide bonds. The number of nitrogens with zero attached hydrogens (tertiary/aromatic N) is 6. The third kappa shape index (κ3) is 3.24. The van der Waals surface area contributed by atoms with E-state index in [1.807, 2.05) is 12.1 Å². The van der Waals surface area contributed by atoms with Gasteiger partial charge in [0, 0.05) is 12.1 Å². The highest BCUT2D eigenvalue weighted by atomic mass is 16.5. The van der Waals surface area contributed by atoms with Crippen molar-refractivity contribution in [3.63, 3.8) is 0 Å². The predicted molar refractivity (Wildman–Crippen MR) is 92.7 cm³/mol. The van der Waals surface area contributed by atoms with Crippen LogP contribution in [-0.4, -0.2) is 44.2 Å². The van der Waals surface area contributed by atoms with E-state index in [0.717, 1.165) is 5.69 Å². The van der Waals surface area contributed by atoms with Crippen LogP contribution in [0.25, 0.3) is 17.2 Å². The van der Waals surface area contributed by atoms with Gasteiger partial charge in [-0.2, -0.15) is 4.52 Å². The molecule has 0 radical (unpaired) electrons. The molecule has 0 fully saturated rings. The van der Waals surface area contributed by atoms with E-state index < -0.39 is 0 Å². The molecule has 4 aromatic heterocycles. The number of aryl methyl sites for hydroxylation is 1. The van der Waals surface area contributed by atoms with Crippen LogP contribution in [0.2, 0.25) is 0 Å². The molecule has 0 saturated heterocycles. The summed E-state index contributed by atoms with van der Waals surface area (Å²) in [7, 11) is 3.12. The summed E-state index contributed by atoms with van der Waals surface area (Å²) < 4.78 is 22.9. The lowest BCUT2D eigenvalue weighted by Gasteiger charge is -2.10. The quantitative estimate of drug-likeness (QED) is 0.505. The van der Waals surface area contributed by atoms with Crippen LogP contribution in [0.4, 0.5) is 0 Å². The van der Waals surface area contributed by atoms with Gasteiger partial charge in [-0.25, -0.2) is 0 Å². The Bertz CT molecular complexity index is 1070. The van der Waals surface area contributed by atoms with Crippen LogP contribution >= 0.6 is 0 Å². The van der Waals surface area contributed by atoms with Gasteiger partial charge in [-0.05, 0) is 19.1 Å². The van der Waals surface area contributed by atoms with E-state index in [4.69, 9.17) is 18.7 Å². The Morgan fingerprint density at radius 1 is 1.11 bits per heavy atom. The molecule has 0 unspecified atom stereocenters. The summed E-state index contributed by atoms with van der Waals surface area (Å²) in [6.45, 7) is 2.01. The Kier molecular flexibility index (Phi) is 4.29. The molecule has 10 heteroatoms. The highest BCUT2D eigenvalue weighted by Gasteiger charge is 2.17. The van der Waals surface area contributed by atoms with Crippen molar-refractivity contribution in [3.05, 3.63) is 41.9 Å². The van der Waals surface area contributed by atoms with Gasteiger partial charge >= 0.3 is 0 Å². The van der Waals surface area contributed by atoms with Crippen LogP contribution in [0.3, 0.4) is 0 Å². The van der Waals surface area contributed by atoms with Crippen molar-refractivity contribution >= 4 is 5.65 Å². The number of hydrogen-bond acceptors (Lipinski definition) is 9. The molecule has 0 spiro atoms. The van der Waals surface area contributed by atoms with Crippen molar-refractivity contribution < 1.29 is 18.7 Å². The van der Waals surface area contributed by atoms with Gasteiger partial charge in [0.05, 0.1) is 26.1 Å². The molecule has 0 N–H and O–H groups in total.